The minimum absolute atomic E-state index is 0.0204. The maximum atomic E-state index is 13.8. The number of aliphatic hydroxyl groups excluding tert-OH is 1. The molecule has 0 unspecified atom stereocenters. The second kappa shape index (κ2) is 15.8. The topological polar surface area (TPSA) is 127 Å². The van der Waals surface area contributed by atoms with Crippen molar-refractivity contribution < 1.29 is 42.0 Å². The average molecular weight is 714 g/mol. The van der Waals surface area contributed by atoms with E-state index in [1.54, 1.807) is 29.2 Å². The predicted molar refractivity (Wildman–Crippen MR) is 181 cm³/mol. The monoisotopic (exact) mass is 713 g/mol. The van der Waals surface area contributed by atoms with Crippen molar-refractivity contribution in [1.82, 2.24) is 14.1 Å². The van der Waals surface area contributed by atoms with Crippen molar-refractivity contribution in [2.75, 3.05) is 66.4 Å². The molecule has 12 nitrogen and oxygen atoms in total. The molecule has 2 atom stereocenters. The predicted octanol–water partition coefficient (Wildman–Crippen LogP) is 3.84. The van der Waals surface area contributed by atoms with Crippen molar-refractivity contribution in [2.24, 2.45) is 0 Å². The van der Waals surface area contributed by atoms with E-state index in [4.69, 9.17) is 35.3 Å². The summed E-state index contributed by atoms with van der Waals surface area (Å²) in [4.78, 5) is 18.0. The summed E-state index contributed by atoms with van der Waals surface area (Å²) in [5.41, 5.74) is 2.06. The molecule has 3 aliphatic rings. The highest BCUT2D eigenvalue weighted by molar-refractivity contribution is 7.89. The molecule has 3 aromatic carbocycles. The van der Waals surface area contributed by atoms with E-state index in [2.05, 4.69) is 4.90 Å². The van der Waals surface area contributed by atoms with Gasteiger partial charge in [0.05, 0.1) is 25.2 Å². The lowest BCUT2D eigenvalue weighted by Gasteiger charge is -2.37. The number of sulfonamides is 1. The molecular formula is C35H40ClN3O9S. The van der Waals surface area contributed by atoms with Gasteiger partial charge < -0.3 is 33.7 Å². The van der Waals surface area contributed by atoms with Crippen LogP contribution < -0.4 is 14.2 Å². The quantitative estimate of drug-likeness (QED) is 0.279. The van der Waals surface area contributed by atoms with Crippen molar-refractivity contribution in [3.63, 3.8) is 0 Å². The fourth-order valence-corrected chi connectivity index (χ4v) is 7.60. The highest BCUT2D eigenvalue weighted by Gasteiger charge is 2.33. The van der Waals surface area contributed by atoms with E-state index >= 15 is 0 Å². The lowest BCUT2D eigenvalue weighted by Crippen LogP contribution is -2.49. The van der Waals surface area contributed by atoms with Crippen LogP contribution in [0, 0.1) is 0 Å². The Hall–Kier alpha value is -3.85. The van der Waals surface area contributed by atoms with Gasteiger partial charge in [0.1, 0.15) is 5.75 Å². The Bertz CT molecular complexity index is 1730. The first-order valence-corrected chi connectivity index (χ1v) is 18.0. The molecule has 0 aromatic heterocycles. The maximum absolute atomic E-state index is 13.8. The van der Waals surface area contributed by atoms with Crippen LogP contribution in [-0.4, -0.2) is 106 Å². The molecule has 1 saturated heterocycles. The minimum Gasteiger partial charge on any atom is -0.497 e. The number of fused-ring (bicyclic) bond motifs is 1. The van der Waals surface area contributed by atoms with Crippen molar-refractivity contribution in [2.45, 2.75) is 30.1 Å². The Kier molecular flexibility index (Phi) is 11.3. The number of benzene rings is 3. The van der Waals surface area contributed by atoms with Crippen molar-refractivity contribution in [3.8, 4) is 17.2 Å². The Morgan fingerprint density at radius 3 is 2.43 bits per heavy atom. The number of hydrogen-bond donors (Lipinski definition) is 1. The van der Waals surface area contributed by atoms with Gasteiger partial charge >= 0.3 is 0 Å². The van der Waals surface area contributed by atoms with Crippen molar-refractivity contribution in [1.29, 1.82) is 0 Å². The number of aliphatic hydroxyl groups is 1. The van der Waals surface area contributed by atoms with Gasteiger partial charge in [-0.2, -0.15) is 4.31 Å². The number of nitrogens with zero attached hydrogens (tertiary/aromatic N) is 3. The van der Waals surface area contributed by atoms with Crippen LogP contribution in [0.25, 0.3) is 0 Å². The summed E-state index contributed by atoms with van der Waals surface area (Å²) in [6.07, 6.45) is 1.43. The molecule has 262 valence electrons. The summed E-state index contributed by atoms with van der Waals surface area (Å²) in [7, 11) is -2.42. The third-order valence-corrected chi connectivity index (χ3v) is 10.9. The molecule has 14 heteroatoms. The van der Waals surface area contributed by atoms with E-state index in [-0.39, 0.29) is 55.6 Å². The van der Waals surface area contributed by atoms with E-state index in [0.29, 0.717) is 43.4 Å². The number of halogens is 1. The van der Waals surface area contributed by atoms with Crippen LogP contribution in [0.4, 0.5) is 0 Å². The first-order valence-electron chi connectivity index (χ1n) is 16.1. The van der Waals surface area contributed by atoms with Gasteiger partial charge in [0.25, 0.3) is 5.91 Å². The SMILES string of the molecule is COc1ccc(S(=O)(=O)N(CCO)CCO[C@H]2C[C@@H](c3ccc(Cl)cc3)C=C(C(=O)N3CCN(Cc4ccc5c(c4)OCO5)CC3)O2)cc1. The Labute approximate surface area is 291 Å². The number of amides is 1. The Morgan fingerprint density at radius 2 is 1.71 bits per heavy atom. The molecule has 1 fully saturated rings. The van der Waals surface area contributed by atoms with Crippen LogP contribution in [0.15, 0.2) is 83.5 Å². The number of allylic oxidation sites excluding steroid dienone is 1. The van der Waals surface area contributed by atoms with Crippen LogP contribution in [-0.2, 0) is 30.8 Å². The van der Waals surface area contributed by atoms with Crippen LogP contribution >= 0.6 is 11.6 Å². The minimum atomic E-state index is -3.92. The zero-order valence-electron chi connectivity index (χ0n) is 27.2. The van der Waals surface area contributed by atoms with Crippen LogP contribution in [0.2, 0.25) is 5.02 Å². The highest BCUT2D eigenvalue weighted by atomic mass is 35.5. The van der Waals surface area contributed by atoms with Gasteiger partial charge in [0, 0.05) is 63.2 Å². The van der Waals surface area contributed by atoms with Gasteiger partial charge in [0.2, 0.25) is 23.1 Å². The highest BCUT2D eigenvalue weighted by Crippen LogP contribution is 2.34. The van der Waals surface area contributed by atoms with E-state index in [1.807, 2.05) is 36.4 Å². The van der Waals surface area contributed by atoms with E-state index in [0.717, 1.165) is 29.2 Å². The molecule has 1 N–H and O–H groups in total. The number of carbonyl (C=O) groups excluding carboxylic acids is 1. The summed E-state index contributed by atoms with van der Waals surface area (Å²) >= 11 is 6.15. The first-order chi connectivity index (χ1) is 23.7. The molecule has 1 amide bonds. The second-order valence-electron chi connectivity index (χ2n) is 11.9. The van der Waals surface area contributed by atoms with Gasteiger partial charge in [-0.25, -0.2) is 8.42 Å². The molecule has 3 heterocycles. The second-order valence-corrected chi connectivity index (χ2v) is 14.3. The molecule has 0 spiro atoms. The summed E-state index contributed by atoms with van der Waals surface area (Å²) in [6.45, 7) is 2.88. The van der Waals surface area contributed by atoms with E-state index in [9.17, 15) is 18.3 Å². The maximum Gasteiger partial charge on any atom is 0.288 e. The van der Waals surface area contributed by atoms with Crippen LogP contribution in [0.3, 0.4) is 0 Å². The molecule has 0 bridgehead atoms. The van der Waals surface area contributed by atoms with Gasteiger partial charge in [-0.15, -0.1) is 0 Å². The van der Waals surface area contributed by atoms with Gasteiger partial charge in [-0.05, 0) is 65.7 Å². The Morgan fingerprint density at radius 1 is 0.980 bits per heavy atom. The fraction of sp³-hybridized carbons (Fsp3) is 0.400. The standard InChI is InChI=1S/C35H40ClN3O9S/c1-44-29-7-9-30(10-8-29)49(42,43)39(16-18-40)17-19-45-34-22-27(26-3-5-28(36)6-4-26)21-33(48-34)35(41)38-14-12-37(13-15-38)23-25-2-11-31-32(20-25)47-24-46-31/h2-11,20-21,27,34,40H,12-19,22-24H2,1H3/t27-,34+/m0/s1. The zero-order chi connectivity index (χ0) is 34.4. The molecule has 0 aliphatic carbocycles. The summed E-state index contributed by atoms with van der Waals surface area (Å²) in [6, 6.07) is 19.4. The third-order valence-electron chi connectivity index (χ3n) is 8.76. The molecule has 6 rings (SSSR count). The first kappa shape index (κ1) is 35.0. The lowest BCUT2D eigenvalue weighted by atomic mass is 9.93. The number of rotatable bonds is 13. The number of piperazine rings is 1. The molecule has 0 radical (unpaired) electrons. The normalized spacial score (nSPS) is 19.4. The summed E-state index contributed by atoms with van der Waals surface area (Å²) in [5, 5.41) is 10.2. The van der Waals surface area contributed by atoms with Gasteiger partial charge in [-0.1, -0.05) is 29.8 Å². The summed E-state index contributed by atoms with van der Waals surface area (Å²) in [5.74, 6) is 1.80. The number of methoxy groups -OCH3 is 1. The van der Waals surface area contributed by atoms with Crippen LogP contribution in [0.5, 0.6) is 17.2 Å². The van der Waals surface area contributed by atoms with E-state index in [1.165, 1.54) is 23.5 Å². The molecular weight excluding hydrogens is 674 g/mol. The van der Waals surface area contributed by atoms with Crippen LogP contribution in [0.1, 0.15) is 23.5 Å². The molecule has 0 saturated carbocycles. The molecule has 49 heavy (non-hydrogen) atoms. The number of ether oxygens (including phenoxy) is 5. The number of hydrogen-bond acceptors (Lipinski definition) is 10. The largest absolute Gasteiger partial charge is 0.497 e. The van der Waals surface area contributed by atoms with Crippen molar-refractivity contribution >= 4 is 27.5 Å². The smallest absolute Gasteiger partial charge is 0.288 e. The average Bonchev–Trinajstić information content (AvgIpc) is 3.59. The molecule has 3 aromatic rings. The fourth-order valence-electron chi connectivity index (χ4n) is 6.06. The van der Waals surface area contributed by atoms with Crippen molar-refractivity contribution in [3.05, 3.63) is 94.7 Å². The van der Waals surface area contributed by atoms with Gasteiger partial charge in [0.15, 0.2) is 17.3 Å². The van der Waals surface area contributed by atoms with Gasteiger partial charge in [-0.3, -0.25) is 9.69 Å². The zero-order valence-corrected chi connectivity index (χ0v) is 28.8. The lowest BCUT2D eigenvalue weighted by molar-refractivity contribution is -0.154. The summed E-state index contributed by atoms with van der Waals surface area (Å²) < 4.78 is 56.2. The number of carbonyl (C=O) groups is 1. The third kappa shape index (κ3) is 8.48. The molecule has 3 aliphatic heterocycles. The Balaban J connectivity index is 1.09. The van der Waals surface area contributed by atoms with E-state index < -0.39 is 16.3 Å².